The first kappa shape index (κ1) is 16.4. The first-order valence-corrected chi connectivity index (χ1v) is 9.18. The van der Waals surface area contributed by atoms with E-state index in [0.717, 1.165) is 50.2 Å². The highest BCUT2D eigenvalue weighted by molar-refractivity contribution is 5.79. The molecule has 1 unspecified atom stereocenters. The zero-order chi connectivity index (χ0) is 17.2. The second kappa shape index (κ2) is 7.04. The number of anilines is 1. The maximum Gasteiger partial charge on any atom is 0.225 e. The minimum atomic E-state index is -0.263. The van der Waals surface area contributed by atoms with Gasteiger partial charge < -0.3 is 9.74 Å². The SMILES string of the molecule is O=C(C1CCCC1)N1CCCC(C2=CN(c3ccc(F)cc3)NO2)C1. The molecule has 5 nitrogen and oxygen atoms in total. The van der Waals surface area contributed by atoms with Gasteiger partial charge in [0.15, 0.2) is 0 Å². The second-order valence-corrected chi connectivity index (χ2v) is 7.18. The fourth-order valence-corrected chi connectivity index (χ4v) is 4.04. The Morgan fingerprint density at radius 2 is 1.88 bits per heavy atom. The standard InChI is InChI=1S/C19H24FN3O2/c20-16-7-9-17(10-8-16)23-13-18(25-21-23)15-6-3-11-22(12-15)19(24)14-4-1-2-5-14/h7-10,13-15,21H,1-6,11-12H2. The second-order valence-electron chi connectivity index (χ2n) is 7.18. The molecule has 2 fully saturated rings. The van der Waals surface area contributed by atoms with Crippen LogP contribution in [0.25, 0.3) is 0 Å². The van der Waals surface area contributed by atoms with Crippen LogP contribution < -0.4 is 10.6 Å². The lowest BCUT2D eigenvalue weighted by Gasteiger charge is -2.34. The van der Waals surface area contributed by atoms with Gasteiger partial charge in [-0.2, -0.15) is 0 Å². The molecule has 1 aromatic rings. The molecule has 4 rings (SSSR count). The molecule has 134 valence electrons. The molecule has 1 N–H and O–H groups in total. The summed E-state index contributed by atoms with van der Waals surface area (Å²) in [5.41, 5.74) is 3.66. The van der Waals surface area contributed by atoms with E-state index in [-0.39, 0.29) is 17.7 Å². The van der Waals surface area contributed by atoms with E-state index in [4.69, 9.17) is 4.84 Å². The number of rotatable bonds is 3. The van der Waals surface area contributed by atoms with Gasteiger partial charge in [0.25, 0.3) is 0 Å². The number of halogens is 1. The van der Waals surface area contributed by atoms with Gasteiger partial charge in [0.1, 0.15) is 11.6 Å². The first-order valence-electron chi connectivity index (χ1n) is 9.18. The van der Waals surface area contributed by atoms with E-state index < -0.39 is 0 Å². The van der Waals surface area contributed by atoms with Gasteiger partial charge in [-0.1, -0.05) is 18.4 Å². The largest absolute Gasteiger partial charge is 0.391 e. The quantitative estimate of drug-likeness (QED) is 0.912. The van der Waals surface area contributed by atoms with Gasteiger partial charge in [0.05, 0.1) is 11.9 Å². The highest BCUT2D eigenvalue weighted by atomic mass is 19.1. The molecule has 1 saturated carbocycles. The number of hydrogen-bond donors (Lipinski definition) is 1. The number of hydrogen-bond acceptors (Lipinski definition) is 4. The molecule has 0 aromatic heterocycles. The van der Waals surface area contributed by atoms with E-state index in [9.17, 15) is 9.18 Å². The number of amides is 1. The molecule has 0 bridgehead atoms. The number of piperidine rings is 1. The summed E-state index contributed by atoms with van der Waals surface area (Å²) in [6, 6.07) is 6.24. The van der Waals surface area contributed by atoms with Crippen molar-refractivity contribution in [3.63, 3.8) is 0 Å². The van der Waals surface area contributed by atoms with Gasteiger partial charge in [0.2, 0.25) is 5.91 Å². The zero-order valence-electron chi connectivity index (χ0n) is 14.3. The molecule has 0 radical (unpaired) electrons. The van der Waals surface area contributed by atoms with Gasteiger partial charge >= 0.3 is 0 Å². The molecular formula is C19H24FN3O2. The fourth-order valence-electron chi connectivity index (χ4n) is 4.04. The van der Waals surface area contributed by atoms with E-state index in [1.807, 2.05) is 11.1 Å². The van der Waals surface area contributed by atoms with E-state index in [0.29, 0.717) is 5.91 Å². The van der Waals surface area contributed by atoms with Crippen LogP contribution in [-0.2, 0) is 9.63 Å². The molecule has 1 amide bonds. The van der Waals surface area contributed by atoms with Crippen molar-refractivity contribution in [2.45, 2.75) is 38.5 Å². The topological polar surface area (TPSA) is 44.8 Å². The monoisotopic (exact) mass is 345 g/mol. The number of nitrogens with one attached hydrogen (secondary N) is 1. The van der Waals surface area contributed by atoms with Crippen LogP contribution in [0.2, 0.25) is 0 Å². The Morgan fingerprint density at radius 1 is 1.12 bits per heavy atom. The minimum absolute atomic E-state index is 0.206. The number of hydrazine groups is 1. The van der Waals surface area contributed by atoms with Crippen molar-refractivity contribution in [3.8, 4) is 0 Å². The lowest BCUT2D eigenvalue weighted by Crippen LogP contribution is -2.43. The van der Waals surface area contributed by atoms with Crippen molar-refractivity contribution >= 4 is 11.6 Å². The maximum absolute atomic E-state index is 13.1. The Kier molecular flexibility index (Phi) is 4.61. The molecular weight excluding hydrogens is 321 g/mol. The van der Waals surface area contributed by atoms with Crippen molar-refractivity contribution in [2.75, 3.05) is 18.1 Å². The van der Waals surface area contributed by atoms with E-state index in [2.05, 4.69) is 5.59 Å². The number of nitrogens with zero attached hydrogens (tertiary/aromatic N) is 2. The summed E-state index contributed by atoms with van der Waals surface area (Å²) >= 11 is 0. The molecule has 0 spiro atoms. The van der Waals surface area contributed by atoms with E-state index in [1.165, 1.54) is 25.0 Å². The third-order valence-electron chi connectivity index (χ3n) is 5.46. The zero-order valence-corrected chi connectivity index (χ0v) is 14.3. The predicted octanol–water partition coefficient (Wildman–Crippen LogP) is 3.35. The highest BCUT2D eigenvalue weighted by Gasteiger charge is 2.33. The van der Waals surface area contributed by atoms with Crippen molar-refractivity contribution < 1.29 is 14.0 Å². The molecule has 1 aromatic carbocycles. The van der Waals surface area contributed by atoms with Crippen molar-refractivity contribution in [1.82, 2.24) is 10.5 Å². The Hall–Kier alpha value is -2.08. The van der Waals surface area contributed by atoms with Crippen LogP contribution in [0.15, 0.2) is 36.2 Å². The molecule has 25 heavy (non-hydrogen) atoms. The summed E-state index contributed by atoms with van der Waals surface area (Å²) in [6.45, 7) is 1.58. The Morgan fingerprint density at radius 3 is 2.64 bits per heavy atom. The summed E-state index contributed by atoms with van der Waals surface area (Å²) in [6.07, 6.45) is 8.36. The summed E-state index contributed by atoms with van der Waals surface area (Å²) < 4.78 is 13.1. The van der Waals surface area contributed by atoms with Crippen LogP contribution in [0.3, 0.4) is 0 Å². The fraction of sp³-hybridized carbons (Fsp3) is 0.526. The van der Waals surface area contributed by atoms with Crippen LogP contribution in [-0.4, -0.2) is 23.9 Å². The smallest absolute Gasteiger partial charge is 0.225 e. The Balaban J connectivity index is 1.41. The first-order chi connectivity index (χ1) is 12.2. The molecule has 2 heterocycles. The van der Waals surface area contributed by atoms with Gasteiger partial charge in [-0.05, 0) is 49.9 Å². The van der Waals surface area contributed by atoms with Crippen LogP contribution in [0.1, 0.15) is 38.5 Å². The van der Waals surface area contributed by atoms with Crippen molar-refractivity contribution in [3.05, 3.63) is 42.0 Å². The van der Waals surface area contributed by atoms with Crippen LogP contribution in [0.5, 0.6) is 0 Å². The lowest BCUT2D eigenvalue weighted by molar-refractivity contribution is -0.137. The molecule has 1 atom stereocenters. The molecule has 1 aliphatic carbocycles. The predicted molar refractivity (Wildman–Crippen MR) is 92.4 cm³/mol. The van der Waals surface area contributed by atoms with Gasteiger partial charge in [-0.15, -0.1) is 0 Å². The summed E-state index contributed by atoms with van der Waals surface area (Å²) in [7, 11) is 0. The average Bonchev–Trinajstić information content (AvgIpc) is 3.34. The van der Waals surface area contributed by atoms with Gasteiger partial charge in [-0.3, -0.25) is 4.79 Å². The Bertz CT molecular complexity index is 655. The number of likely N-dealkylation sites (tertiary alicyclic amines) is 1. The number of carbonyl (C=O) groups is 1. The summed E-state index contributed by atoms with van der Waals surface area (Å²) in [4.78, 5) is 20.4. The lowest BCUT2D eigenvalue weighted by atomic mass is 9.94. The van der Waals surface area contributed by atoms with Gasteiger partial charge in [-0.25, -0.2) is 9.40 Å². The normalized spacial score (nSPS) is 24.4. The molecule has 2 aliphatic heterocycles. The molecule has 1 saturated heterocycles. The van der Waals surface area contributed by atoms with E-state index >= 15 is 0 Å². The van der Waals surface area contributed by atoms with Crippen molar-refractivity contribution in [1.29, 1.82) is 0 Å². The third kappa shape index (κ3) is 3.49. The van der Waals surface area contributed by atoms with Crippen LogP contribution in [0.4, 0.5) is 10.1 Å². The molecule has 3 aliphatic rings. The summed E-state index contributed by atoms with van der Waals surface area (Å²) in [5.74, 6) is 1.34. The van der Waals surface area contributed by atoms with Crippen LogP contribution >= 0.6 is 0 Å². The van der Waals surface area contributed by atoms with Crippen LogP contribution in [0, 0.1) is 17.7 Å². The van der Waals surface area contributed by atoms with Crippen molar-refractivity contribution in [2.24, 2.45) is 11.8 Å². The third-order valence-corrected chi connectivity index (χ3v) is 5.46. The number of benzene rings is 1. The average molecular weight is 345 g/mol. The summed E-state index contributed by atoms with van der Waals surface area (Å²) in [5, 5.41) is 1.74. The Labute approximate surface area is 147 Å². The highest BCUT2D eigenvalue weighted by Crippen LogP contribution is 2.32. The van der Waals surface area contributed by atoms with E-state index in [1.54, 1.807) is 17.1 Å². The molecule has 6 heteroatoms. The van der Waals surface area contributed by atoms with Gasteiger partial charge in [0, 0.05) is 24.9 Å². The number of carbonyl (C=O) groups excluding carboxylic acids is 1. The maximum atomic E-state index is 13.1. The minimum Gasteiger partial charge on any atom is -0.391 e.